The van der Waals surface area contributed by atoms with Crippen LogP contribution in [0.3, 0.4) is 0 Å². The number of hydrogen-bond acceptors (Lipinski definition) is 3. The topological polar surface area (TPSA) is 61.8 Å². The van der Waals surface area contributed by atoms with Crippen LogP contribution in [0.2, 0.25) is 0 Å². The van der Waals surface area contributed by atoms with E-state index in [1.165, 1.54) is 6.42 Å². The fourth-order valence-corrected chi connectivity index (χ4v) is 1.98. The fraction of sp³-hybridized carbons (Fsp3) is 0.900. The SMILES string of the molecule is CCC(C)N1CCC(C(N)=NO)CC1. The van der Waals surface area contributed by atoms with Gasteiger partial charge in [0.05, 0.1) is 0 Å². The Kier molecular flexibility index (Phi) is 4.20. The Morgan fingerprint density at radius 1 is 1.57 bits per heavy atom. The Bertz CT molecular complexity index is 198. The molecule has 0 bridgehead atoms. The normalized spacial score (nSPS) is 23.7. The van der Waals surface area contributed by atoms with Gasteiger partial charge in [-0.15, -0.1) is 0 Å². The van der Waals surface area contributed by atoms with Crippen LogP contribution in [0.25, 0.3) is 0 Å². The quantitative estimate of drug-likeness (QED) is 0.311. The second-order valence-electron chi connectivity index (χ2n) is 4.09. The van der Waals surface area contributed by atoms with E-state index in [0.29, 0.717) is 11.9 Å². The molecule has 1 unspecified atom stereocenters. The van der Waals surface area contributed by atoms with Crippen LogP contribution in [0.5, 0.6) is 0 Å². The Morgan fingerprint density at radius 3 is 2.57 bits per heavy atom. The van der Waals surface area contributed by atoms with Crippen molar-refractivity contribution in [2.75, 3.05) is 13.1 Å². The van der Waals surface area contributed by atoms with Crippen LogP contribution in [-0.4, -0.2) is 35.1 Å². The van der Waals surface area contributed by atoms with Gasteiger partial charge in [-0.2, -0.15) is 0 Å². The summed E-state index contributed by atoms with van der Waals surface area (Å²) in [4.78, 5) is 2.47. The highest BCUT2D eigenvalue weighted by Gasteiger charge is 2.24. The first-order valence-corrected chi connectivity index (χ1v) is 5.40. The number of piperidine rings is 1. The van der Waals surface area contributed by atoms with Crippen molar-refractivity contribution in [1.29, 1.82) is 0 Å². The van der Waals surface area contributed by atoms with Crippen LogP contribution < -0.4 is 5.73 Å². The van der Waals surface area contributed by atoms with E-state index in [0.717, 1.165) is 25.9 Å². The zero-order valence-corrected chi connectivity index (χ0v) is 9.11. The molecule has 4 nitrogen and oxygen atoms in total. The van der Waals surface area contributed by atoms with E-state index in [9.17, 15) is 0 Å². The Morgan fingerprint density at radius 2 is 2.14 bits per heavy atom. The highest BCUT2D eigenvalue weighted by Crippen LogP contribution is 2.19. The number of hydrogen-bond donors (Lipinski definition) is 2. The van der Waals surface area contributed by atoms with Gasteiger partial charge in [-0.1, -0.05) is 12.1 Å². The molecule has 4 heteroatoms. The van der Waals surface area contributed by atoms with Gasteiger partial charge < -0.3 is 15.8 Å². The number of amidine groups is 1. The predicted molar refractivity (Wildman–Crippen MR) is 57.5 cm³/mol. The molecule has 1 heterocycles. The maximum absolute atomic E-state index is 8.56. The van der Waals surface area contributed by atoms with Gasteiger partial charge in [0.25, 0.3) is 0 Å². The van der Waals surface area contributed by atoms with Gasteiger partial charge in [0.1, 0.15) is 5.84 Å². The minimum atomic E-state index is 0.278. The van der Waals surface area contributed by atoms with E-state index in [1.807, 2.05) is 0 Å². The Labute approximate surface area is 85.8 Å². The minimum absolute atomic E-state index is 0.278. The van der Waals surface area contributed by atoms with E-state index in [1.54, 1.807) is 0 Å². The lowest BCUT2D eigenvalue weighted by Gasteiger charge is -2.35. The number of nitrogens with two attached hydrogens (primary N) is 1. The summed E-state index contributed by atoms with van der Waals surface area (Å²) in [6, 6.07) is 0.656. The van der Waals surface area contributed by atoms with Crippen molar-refractivity contribution < 1.29 is 5.21 Å². The van der Waals surface area contributed by atoms with Gasteiger partial charge in [0.15, 0.2) is 0 Å². The smallest absolute Gasteiger partial charge is 0.142 e. The van der Waals surface area contributed by atoms with Gasteiger partial charge in [0, 0.05) is 12.0 Å². The maximum Gasteiger partial charge on any atom is 0.142 e. The Hall–Kier alpha value is -0.770. The summed E-state index contributed by atoms with van der Waals surface area (Å²) in [5.41, 5.74) is 5.58. The predicted octanol–water partition coefficient (Wildman–Crippen LogP) is 1.24. The van der Waals surface area contributed by atoms with Gasteiger partial charge in [-0.25, -0.2) is 0 Å². The number of nitrogens with zero attached hydrogens (tertiary/aromatic N) is 2. The highest BCUT2D eigenvalue weighted by atomic mass is 16.4. The molecule has 1 aliphatic rings. The van der Waals surface area contributed by atoms with Crippen LogP contribution in [-0.2, 0) is 0 Å². The molecule has 0 amide bonds. The summed E-state index contributed by atoms with van der Waals surface area (Å²) in [7, 11) is 0. The molecule has 0 spiro atoms. The fourth-order valence-electron chi connectivity index (χ4n) is 1.98. The van der Waals surface area contributed by atoms with E-state index >= 15 is 0 Å². The first kappa shape index (κ1) is 11.3. The molecule has 0 saturated carbocycles. The zero-order valence-electron chi connectivity index (χ0n) is 9.11. The monoisotopic (exact) mass is 199 g/mol. The van der Waals surface area contributed by atoms with Crippen LogP contribution in [0.15, 0.2) is 5.16 Å². The van der Waals surface area contributed by atoms with E-state index in [2.05, 4.69) is 23.9 Å². The van der Waals surface area contributed by atoms with Crippen molar-refractivity contribution in [2.45, 2.75) is 39.2 Å². The van der Waals surface area contributed by atoms with Crippen LogP contribution >= 0.6 is 0 Å². The molecule has 1 saturated heterocycles. The average Bonchev–Trinajstić information content (AvgIpc) is 2.27. The van der Waals surface area contributed by atoms with Gasteiger partial charge in [-0.3, -0.25) is 0 Å². The maximum atomic E-state index is 8.56. The number of likely N-dealkylation sites (tertiary alicyclic amines) is 1. The molecule has 1 aliphatic heterocycles. The third kappa shape index (κ3) is 2.61. The van der Waals surface area contributed by atoms with E-state index in [-0.39, 0.29) is 5.92 Å². The second-order valence-corrected chi connectivity index (χ2v) is 4.09. The van der Waals surface area contributed by atoms with Gasteiger partial charge >= 0.3 is 0 Å². The molecular weight excluding hydrogens is 178 g/mol. The molecule has 3 N–H and O–H groups in total. The average molecular weight is 199 g/mol. The van der Waals surface area contributed by atoms with Gasteiger partial charge in [0.2, 0.25) is 0 Å². The first-order valence-electron chi connectivity index (χ1n) is 5.40. The summed E-state index contributed by atoms with van der Waals surface area (Å²) in [5.74, 6) is 0.675. The molecular formula is C10H21N3O. The lowest BCUT2D eigenvalue weighted by molar-refractivity contribution is 0.154. The van der Waals surface area contributed by atoms with Crippen molar-refractivity contribution in [3.63, 3.8) is 0 Å². The second kappa shape index (κ2) is 5.20. The molecule has 1 rings (SSSR count). The molecule has 82 valence electrons. The number of rotatable bonds is 3. The molecule has 0 aromatic carbocycles. The van der Waals surface area contributed by atoms with Crippen molar-refractivity contribution in [2.24, 2.45) is 16.8 Å². The highest BCUT2D eigenvalue weighted by molar-refractivity contribution is 5.82. The summed E-state index contributed by atoms with van der Waals surface area (Å²) < 4.78 is 0. The Balaban J connectivity index is 2.38. The summed E-state index contributed by atoms with van der Waals surface area (Å²) >= 11 is 0. The van der Waals surface area contributed by atoms with Crippen molar-refractivity contribution in [3.05, 3.63) is 0 Å². The van der Waals surface area contributed by atoms with Crippen LogP contribution in [0.4, 0.5) is 0 Å². The summed E-state index contributed by atoms with van der Waals surface area (Å²) in [5, 5.41) is 11.6. The summed E-state index contributed by atoms with van der Waals surface area (Å²) in [6.07, 6.45) is 3.22. The van der Waals surface area contributed by atoms with E-state index < -0.39 is 0 Å². The van der Waals surface area contributed by atoms with Crippen LogP contribution in [0, 0.1) is 5.92 Å². The minimum Gasteiger partial charge on any atom is -0.409 e. The van der Waals surface area contributed by atoms with Gasteiger partial charge in [-0.05, 0) is 39.3 Å². The zero-order chi connectivity index (χ0) is 10.6. The molecule has 0 aromatic rings. The van der Waals surface area contributed by atoms with Crippen molar-refractivity contribution in [3.8, 4) is 0 Å². The molecule has 0 aromatic heterocycles. The van der Waals surface area contributed by atoms with Crippen molar-refractivity contribution >= 4 is 5.84 Å². The molecule has 14 heavy (non-hydrogen) atoms. The van der Waals surface area contributed by atoms with Crippen molar-refractivity contribution in [1.82, 2.24) is 4.90 Å². The molecule has 0 aliphatic carbocycles. The lowest BCUT2D eigenvalue weighted by Crippen LogP contribution is -2.42. The molecule has 1 atom stereocenters. The lowest BCUT2D eigenvalue weighted by atomic mass is 9.94. The standard InChI is InChI=1S/C10H21N3O/c1-3-8(2)13-6-4-9(5-7-13)10(11)12-14/h8-9,14H,3-7H2,1-2H3,(H2,11,12). The largest absolute Gasteiger partial charge is 0.409 e. The third-order valence-corrected chi connectivity index (χ3v) is 3.28. The van der Waals surface area contributed by atoms with E-state index in [4.69, 9.17) is 10.9 Å². The summed E-state index contributed by atoms with van der Waals surface area (Å²) in [6.45, 7) is 6.59. The third-order valence-electron chi connectivity index (χ3n) is 3.28. The molecule has 1 fully saturated rings. The molecule has 0 radical (unpaired) electrons. The first-order chi connectivity index (χ1) is 6.69. The van der Waals surface area contributed by atoms with Crippen LogP contribution in [0.1, 0.15) is 33.1 Å². The number of oxime groups is 1.